The summed E-state index contributed by atoms with van der Waals surface area (Å²) < 4.78 is 0. The summed E-state index contributed by atoms with van der Waals surface area (Å²) in [5.41, 5.74) is 14.8. The topological polar surface area (TPSA) is 212 Å². The van der Waals surface area contributed by atoms with Gasteiger partial charge in [-0.25, -0.2) is 4.98 Å². The van der Waals surface area contributed by atoms with Crippen molar-refractivity contribution in [2.24, 2.45) is 11.5 Å². The number of nitrogens with one attached hydrogen (secondary N) is 4. The maximum atomic E-state index is 14.4. The van der Waals surface area contributed by atoms with Crippen LogP contribution in [0.4, 0.5) is 0 Å². The molecule has 3 amide bonds. The maximum absolute atomic E-state index is 14.4. The first kappa shape index (κ1) is 39.3. The number of carbonyl (C=O) groups is 3. The summed E-state index contributed by atoms with van der Waals surface area (Å²) in [6, 6.07) is 11.9. The highest BCUT2D eigenvalue weighted by Crippen LogP contribution is 2.36. The van der Waals surface area contributed by atoms with Crippen LogP contribution in [0.1, 0.15) is 48.8 Å². The smallest absolute Gasteiger partial charge is 0.423 e. The Morgan fingerprint density at radius 1 is 0.962 bits per heavy atom. The average Bonchev–Trinajstić information content (AvgIpc) is 3.55. The average molecular weight is 749 g/mol. The number of nitrogens with zero attached hydrogens (tertiary/aromatic N) is 2. The number of pyridine rings is 1. The van der Waals surface area contributed by atoms with E-state index >= 15 is 0 Å². The van der Waals surface area contributed by atoms with Gasteiger partial charge in [0.2, 0.25) is 17.7 Å². The molecule has 0 radical (unpaired) electrons. The molecule has 0 unspecified atom stereocenters. The van der Waals surface area contributed by atoms with E-state index in [0.717, 1.165) is 22.0 Å². The van der Waals surface area contributed by atoms with Gasteiger partial charge >= 0.3 is 7.12 Å². The van der Waals surface area contributed by atoms with Crippen LogP contribution in [-0.2, 0) is 33.9 Å². The SMILES string of the molecule is CN1C(=O)[C@H](CCCCN)NC(=O)[C@H](CCCN)NCc2cccnc2Sc2c(Cl)cc(B(O)O)cc2CNC(=O)[C@@H]1Cc1c[nH]c2ccccc12. The van der Waals surface area contributed by atoms with E-state index in [0.29, 0.717) is 60.7 Å². The van der Waals surface area contributed by atoms with E-state index in [1.165, 1.54) is 22.7 Å². The third-order valence-electron chi connectivity index (χ3n) is 9.26. The number of aromatic nitrogens is 2. The van der Waals surface area contributed by atoms with Gasteiger partial charge in [-0.3, -0.25) is 14.4 Å². The Kier molecular flexibility index (Phi) is 14.1. The van der Waals surface area contributed by atoms with Gasteiger partial charge in [0.1, 0.15) is 17.1 Å². The lowest BCUT2D eigenvalue weighted by Gasteiger charge is -2.32. The van der Waals surface area contributed by atoms with E-state index in [9.17, 15) is 24.4 Å². The zero-order chi connectivity index (χ0) is 37.2. The van der Waals surface area contributed by atoms with Crippen molar-refractivity contribution in [1.29, 1.82) is 0 Å². The molecular weight excluding hydrogens is 703 g/mol. The van der Waals surface area contributed by atoms with E-state index in [1.807, 2.05) is 36.5 Å². The van der Waals surface area contributed by atoms with E-state index in [4.69, 9.17) is 23.1 Å². The molecule has 13 nitrogen and oxygen atoms in total. The Balaban J connectivity index is 1.59. The van der Waals surface area contributed by atoms with Crippen LogP contribution in [0.5, 0.6) is 0 Å². The number of amides is 3. The number of fused-ring (bicyclic) bond motifs is 3. The number of likely N-dealkylation sites (N-methyl/N-ethyl adjacent to an activating group) is 1. The Labute approximate surface area is 312 Å². The summed E-state index contributed by atoms with van der Waals surface area (Å²) >= 11 is 8.05. The van der Waals surface area contributed by atoms with Gasteiger partial charge in [0.15, 0.2) is 0 Å². The van der Waals surface area contributed by atoms with E-state index in [2.05, 4.69) is 25.9 Å². The van der Waals surface area contributed by atoms with Gasteiger partial charge < -0.3 is 47.3 Å². The Morgan fingerprint density at radius 3 is 2.50 bits per heavy atom. The number of benzene rings is 2. The summed E-state index contributed by atoms with van der Waals surface area (Å²) in [5, 5.41) is 31.2. The molecule has 3 heterocycles. The van der Waals surface area contributed by atoms with Crippen LogP contribution in [0.3, 0.4) is 0 Å². The number of H-pyrrole nitrogens is 1. The van der Waals surface area contributed by atoms with Crippen molar-refractivity contribution in [3.63, 3.8) is 0 Å². The van der Waals surface area contributed by atoms with Gasteiger partial charge in [-0.05, 0) is 85.5 Å². The third-order valence-corrected chi connectivity index (χ3v) is 10.9. The zero-order valence-corrected chi connectivity index (χ0v) is 30.7. The molecule has 0 saturated carbocycles. The maximum Gasteiger partial charge on any atom is 0.488 e. The third kappa shape index (κ3) is 9.72. The fraction of sp³-hybridized carbons (Fsp3) is 0.389. The molecule has 3 atom stereocenters. The number of halogens is 1. The molecule has 1 aliphatic heterocycles. The summed E-state index contributed by atoms with van der Waals surface area (Å²) in [7, 11) is -0.224. The summed E-state index contributed by atoms with van der Waals surface area (Å²) in [6.07, 6.45) is 6.24. The van der Waals surface area contributed by atoms with Crippen molar-refractivity contribution < 1.29 is 24.4 Å². The molecule has 5 rings (SSSR count). The summed E-state index contributed by atoms with van der Waals surface area (Å²) in [5.74, 6) is -1.21. The van der Waals surface area contributed by atoms with Crippen molar-refractivity contribution in [1.82, 2.24) is 30.8 Å². The Morgan fingerprint density at radius 2 is 1.73 bits per heavy atom. The number of hydrogen-bond donors (Lipinski definition) is 8. The molecule has 0 saturated heterocycles. The number of hydrogen-bond acceptors (Lipinski definition) is 10. The van der Waals surface area contributed by atoms with Crippen molar-refractivity contribution in [2.45, 2.75) is 79.7 Å². The fourth-order valence-electron chi connectivity index (χ4n) is 6.33. The van der Waals surface area contributed by atoms with Crippen LogP contribution in [-0.4, -0.2) is 88.0 Å². The molecule has 52 heavy (non-hydrogen) atoms. The lowest BCUT2D eigenvalue weighted by atomic mass is 9.79. The van der Waals surface area contributed by atoms with Crippen molar-refractivity contribution in [3.8, 4) is 0 Å². The zero-order valence-electron chi connectivity index (χ0n) is 29.1. The van der Waals surface area contributed by atoms with Gasteiger partial charge in [-0.15, -0.1) is 0 Å². The quantitative estimate of drug-likeness (QED) is 0.0867. The van der Waals surface area contributed by atoms with Crippen molar-refractivity contribution in [3.05, 3.63) is 82.6 Å². The van der Waals surface area contributed by atoms with Crippen molar-refractivity contribution in [2.75, 3.05) is 20.1 Å². The molecule has 0 aliphatic carbocycles. The van der Waals surface area contributed by atoms with Crippen LogP contribution in [0.25, 0.3) is 10.9 Å². The van der Waals surface area contributed by atoms with E-state index in [1.54, 1.807) is 25.4 Å². The molecule has 10 N–H and O–H groups in total. The van der Waals surface area contributed by atoms with Crippen LogP contribution in [0.2, 0.25) is 5.02 Å². The normalized spacial score (nSPS) is 19.1. The predicted octanol–water partition coefficient (Wildman–Crippen LogP) is 1.56. The molecule has 4 aromatic rings. The predicted molar refractivity (Wildman–Crippen MR) is 204 cm³/mol. The molecule has 2 aromatic carbocycles. The minimum Gasteiger partial charge on any atom is -0.423 e. The number of aromatic amines is 1. The lowest BCUT2D eigenvalue weighted by molar-refractivity contribution is -0.142. The van der Waals surface area contributed by atoms with Crippen LogP contribution >= 0.6 is 23.4 Å². The summed E-state index contributed by atoms with van der Waals surface area (Å²) in [4.78, 5) is 52.5. The highest BCUT2D eigenvalue weighted by molar-refractivity contribution is 7.99. The van der Waals surface area contributed by atoms with Gasteiger partial charge in [-0.2, -0.15) is 0 Å². The molecule has 0 fully saturated rings. The minimum atomic E-state index is -1.80. The number of unbranched alkanes of at least 4 members (excludes halogenated alkanes) is 1. The van der Waals surface area contributed by atoms with Crippen LogP contribution in [0, 0.1) is 0 Å². The molecule has 2 aromatic heterocycles. The molecule has 0 spiro atoms. The first-order chi connectivity index (χ1) is 25.1. The van der Waals surface area contributed by atoms with E-state index < -0.39 is 37.1 Å². The van der Waals surface area contributed by atoms with Crippen molar-refractivity contribution >= 4 is 64.6 Å². The molecule has 0 bridgehead atoms. The second-order valence-corrected chi connectivity index (χ2v) is 14.3. The molecule has 1 aliphatic rings. The van der Waals surface area contributed by atoms with Gasteiger partial charge in [-0.1, -0.05) is 53.7 Å². The summed E-state index contributed by atoms with van der Waals surface area (Å²) in [6.45, 7) is 1.05. The van der Waals surface area contributed by atoms with E-state index in [-0.39, 0.29) is 35.9 Å². The molecule has 276 valence electrons. The Bertz CT molecular complexity index is 1860. The number of carbonyl (C=O) groups excluding carboxylic acids is 3. The largest absolute Gasteiger partial charge is 0.488 e. The minimum absolute atomic E-state index is 0.0356. The van der Waals surface area contributed by atoms with Crippen LogP contribution in [0.15, 0.2) is 70.8 Å². The van der Waals surface area contributed by atoms with Gasteiger partial charge in [0, 0.05) is 54.8 Å². The fourth-order valence-corrected chi connectivity index (χ4v) is 7.69. The Hall–Kier alpha value is -3.96. The second kappa shape index (κ2) is 18.7. The number of para-hydroxylation sites is 1. The standard InChI is InChI=1S/C36H46BClN8O5S/c1-46-31(17-23-20-42-28-10-3-2-9-26(23)28)34(48)44-21-24-16-25(37(50)51)18-27(38)32(24)52-35-22(8-7-15-41-35)19-43-29(12-6-14-40)33(47)45-30(36(46)49)11-4-5-13-39/h2-3,7-10,15-16,18,20,29-31,42-43,50-51H,4-6,11-14,17,19,21,39-40H2,1H3,(H,44,48)(H,45,47)/t29-,30-,31-/m0/s1. The van der Waals surface area contributed by atoms with Crippen LogP contribution < -0.4 is 32.9 Å². The van der Waals surface area contributed by atoms with Gasteiger partial charge in [0.25, 0.3) is 0 Å². The lowest BCUT2D eigenvalue weighted by Crippen LogP contribution is -2.57. The van der Waals surface area contributed by atoms with Gasteiger partial charge in [0.05, 0.1) is 11.1 Å². The highest BCUT2D eigenvalue weighted by Gasteiger charge is 2.34. The number of rotatable bonds is 10. The number of nitrogens with two attached hydrogens (primary N) is 2. The first-order valence-electron chi connectivity index (χ1n) is 17.4. The highest BCUT2D eigenvalue weighted by atomic mass is 35.5. The molecule has 16 heteroatoms. The second-order valence-electron chi connectivity index (χ2n) is 12.9. The first-order valence-corrected chi connectivity index (χ1v) is 18.6. The molecular formula is C36H46BClN8O5S. The monoisotopic (exact) mass is 748 g/mol.